The van der Waals surface area contributed by atoms with E-state index >= 15 is 0 Å². The van der Waals surface area contributed by atoms with Crippen molar-refractivity contribution < 1.29 is 4.57 Å². The molecule has 6 aromatic rings. The summed E-state index contributed by atoms with van der Waals surface area (Å²) in [6.07, 6.45) is 1.88. The van der Waals surface area contributed by atoms with Gasteiger partial charge in [-0.15, -0.1) is 0 Å². The Balaban J connectivity index is 1.74. The second kappa shape index (κ2) is 8.65. The van der Waals surface area contributed by atoms with Gasteiger partial charge in [0.25, 0.3) is 11.6 Å². The molecule has 2 aromatic heterocycles. The van der Waals surface area contributed by atoms with Crippen LogP contribution in [0.3, 0.4) is 0 Å². The zero-order valence-electron chi connectivity index (χ0n) is 19.8. The minimum Gasteiger partial charge on any atom is -0.248 e. The Labute approximate surface area is 204 Å². The van der Waals surface area contributed by atoms with Gasteiger partial charge in [0.2, 0.25) is 0 Å². The zero-order valence-corrected chi connectivity index (χ0v) is 19.8. The number of hydrogen-bond donors (Lipinski definition) is 0. The van der Waals surface area contributed by atoms with Crippen LogP contribution in [-0.2, 0) is 7.05 Å². The average Bonchev–Trinajstić information content (AvgIpc) is 3.21. The highest BCUT2D eigenvalue weighted by atomic mass is 15.2. The molecule has 4 heteroatoms. The third-order valence-electron chi connectivity index (χ3n) is 6.48. The lowest BCUT2D eigenvalue weighted by Gasteiger charge is -2.11. The minimum atomic E-state index is 0.813. The van der Waals surface area contributed by atoms with Crippen LogP contribution < -0.4 is 4.57 Å². The molecule has 0 saturated heterocycles. The van der Waals surface area contributed by atoms with E-state index in [-0.39, 0.29) is 0 Å². The number of benzene rings is 4. The summed E-state index contributed by atoms with van der Waals surface area (Å²) in [5, 5.41) is 0. The SMILES string of the molecule is Cc1ccccc1-c1n(-c2nc(-c3ccccc3)cnc2-c2ccccc2)c2ccccc2[n+]1C. The highest BCUT2D eigenvalue weighted by molar-refractivity contribution is 5.82. The van der Waals surface area contributed by atoms with Gasteiger partial charge in [-0.2, -0.15) is 4.57 Å². The van der Waals surface area contributed by atoms with Crippen LogP contribution in [0.25, 0.3) is 50.8 Å². The highest BCUT2D eigenvalue weighted by Crippen LogP contribution is 2.33. The molecule has 4 aromatic carbocycles. The van der Waals surface area contributed by atoms with Gasteiger partial charge in [0.1, 0.15) is 5.69 Å². The van der Waals surface area contributed by atoms with Gasteiger partial charge in [0.15, 0.2) is 11.0 Å². The van der Waals surface area contributed by atoms with Crippen LogP contribution in [0.5, 0.6) is 0 Å². The lowest BCUT2D eigenvalue weighted by Crippen LogP contribution is -2.30. The van der Waals surface area contributed by atoms with E-state index in [0.717, 1.165) is 50.8 Å². The molecule has 6 rings (SSSR count). The van der Waals surface area contributed by atoms with Crippen molar-refractivity contribution in [1.82, 2.24) is 14.5 Å². The number of nitrogens with zero attached hydrogens (tertiary/aromatic N) is 4. The first-order chi connectivity index (χ1) is 17.2. The van der Waals surface area contributed by atoms with Crippen molar-refractivity contribution in [2.24, 2.45) is 7.05 Å². The Kier molecular flexibility index (Phi) is 5.19. The molecule has 0 spiro atoms. The predicted molar refractivity (Wildman–Crippen MR) is 141 cm³/mol. The highest BCUT2D eigenvalue weighted by Gasteiger charge is 2.30. The first kappa shape index (κ1) is 21.0. The van der Waals surface area contributed by atoms with E-state index < -0.39 is 0 Å². The quantitative estimate of drug-likeness (QED) is 0.284. The topological polar surface area (TPSA) is 34.6 Å². The molecule has 0 saturated carbocycles. The molecule has 2 heterocycles. The Bertz CT molecular complexity index is 1650. The maximum atomic E-state index is 5.26. The second-order valence-electron chi connectivity index (χ2n) is 8.68. The lowest BCUT2D eigenvalue weighted by atomic mass is 10.1. The summed E-state index contributed by atoms with van der Waals surface area (Å²) >= 11 is 0. The molecule has 4 nitrogen and oxygen atoms in total. The van der Waals surface area contributed by atoms with Gasteiger partial charge in [-0.25, -0.2) is 14.5 Å². The van der Waals surface area contributed by atoms with E-state index in [1.54, 1.807) is 0 Å². The molecule has 35 heavy (non-hydrogen) atoms. The van der Waals surface area contributed by atoms with E-state index in [0.29, 0.717) is 0 Å². The van der Waals surface area contributed by atoms with E-state index in [9.17, 15) is 0 Å². The molecule has 0 atom stereocenters. The summed E-state index contributed by atoms with van der Waals surface area (Å²) < 4.78 is 4.52. The predicted octanol–water partition coefficient (Wildman–Crippen LogP) is 6.55. The number of para-hydroxylation sites is 2. The Morgan fingerprint density at radius 2 is 1.31 bits per heavy atom. The normalized spacial score (nSPS) is 11.1. The van der Waals surface area contributed by atoms with Gasteiger partial charge < -0.3 is 0 Å². The molecule has 168 valence electrons. The zero-order chi connectivity index (χ0) is 23.8. The summed E-state index contributed by atoms with van der Waals surface area (Å²) in [4.78, 5) is 10.2. The van der Waals surface area contributed by atoms with Crippen molar-refractivity contribution in [3.63, 3.8) is 0 Å². The molecular formula is C31H25N4+. The summed E-state index contributed by atoms with van der Waals surface area (Å²) in [6, 6.07) is 37.5. The van der Waals surface area contributed by atoms with Gasteiger partial charge in [0.05, 0.1) is 24.5 Å². The first-order valence-corrected chi connectivity index (χ1v) is 11.8. The number of fused-ring (bicyclic) bond motifs is 1. The third-order valence-corrected chi connectivity index (χ3v) is 6.48. The van der Waals surface area contributed by atoms with Crippen LogP contribution in [-0.4, -0.2) is 14.5 Å². The molecule has 0 aliphatic carbocycles. The van der Waals surface area contributed by atoms with Crippen molar-refractivity contribution in [1.29, 1.82) is 0 Å². The van der Waals surface area contributed by atoms with E-state index in [2.05, 4.69) is 95.9 Å². The fraction of sp³-hybridized carbons (Fsp3) is 0.0645. The van der Waals surface area contributed by atoms with E-state index in [4.69, 9.17) is 9.97 Å². The minimum absolute atomic E-state index is 0.813. The number of aromatic nitrogens is 4. The Morgan fingerprint density at radius 3 is 2.06 bits per heavy atom. The lowest BCUT2D eigenvalue weighted by molar-refractivity contribution is -0.633. The smallest absolute Gasteiger partial charge is 0.248 e. The maximum Gasteiger partial charge on any atom is 0.296 e. The van der Waals surface area contributed by atoms with Crippen molar-refractivity contribution in [2.45, 2.75) is 6.92 Å². The van der Waals surface area contributed by atoms with Gasteiger partial charge >= 0.3 is 0 Å². The van der Waals surface area contributed by atoms with Gasteiger partial charge in [-0.05, 0) is 30.7 Å². The largest absolute Gasteiger partial charge is 0.296 e. The summed E-state index contributed by atoms with van der Waals surface area (Å²) in [7, 11) is 2.12. The van der Waals surface area contributed by atoms with Gasteiger partial charge in [0, 0.05) is 11.1 Å². The van der Waals surface area contributed by atoms with Crippen molar-refractivity contribution >= 4 is 11.0 Å². The molecular weight excluding hydrogens is 428 g/mol. The Morgan fingerprint density at radius 1 is 0.686 bits per heavy atom. The van der Waals surface area contributed by atoms with Crippen LogP contribution in [0.2, 0.25) is 0 Å². The molecule has 0 unspecified atom stereocenters. The van der Waals surface area contributed by atoms with Crippen molar-refractivity contribution in [3.8, 4) is 39.7 Å². The molecule has 0 radical (unpaired) electrons. The van der Waals surface area contributed by atoms with Gasteiger partial charge in [-0.1, -0.05) is 91.0 Å². The maximum absolute atomic E-state index is 5.26. The van der Waals surface area contributed by atoms with Crippen LogP contribution in [0, 0.1) is 6.92 Å². The number of aryl methyl sites for hydroxylation is 2. The summed E-state index contributed by atoms with van der Waals surface area (Å²) in [5.74, 6) is 1.88. The molecule has 0 bridgehead atoms. The number of imidazole rings is 1. The first-order valence-electron chi connectivity index (χ1n) is 11.8. The Hall–Kier alpha value is -4.57. The van der Waals surface area contributed by atoms with Crippen molar-refractivity contribution in [2.75, 3.05) is 0 Å². The van der Waals surface area contributed by atoms with Crippen molar-refractivity contribution in [3.05, 3.63) is 121 Å². The third kappa shape index (κ3) is 3.60. The number of hydrogen-bond acceptors (Lipinski definition) is 2. The molecule has 0 N–H and O–H groups in total. The summed E-state index contributed by atoms with van der Waals surface area (Å²) in [6.45, 7) is 2.15. The molecule has 0 fully saturated rings. The standard InChI is InChI=1S/C31H25N4/c1-22-13-9-10-18-25(22)31-34(2)27-19-11-12-20-28(27)35(31)30-29(24-16-7-4-8-17-24)32-21-26(33-30)23-14-5-3-6-15-23/h3-21H,1-2H3/q+1. The van der Waals surface area contributed by atoms with E-state index in [1.165, 1.54) is 5.56 Å². The van der Waals surface area contributed by atoms with Crippen LogP contribution in [0.1, 0.15) is 5.56 Å². The molecule has 0 amide bonds. The van der Waals surface area contributed by atoms with Crippen LogP contribution in [0.15, 0.2) is 115 Å². The molecule has 0 aliphatic heterocycles. The molecule has 0 aliphatic rings. The number of rotatable bonds is 4. The van der Waals surface area contributed by atoms with Gasteiger partial charge in [-0.3, -0.25) is 0 Å². The monoisotopic (exact) mass is 453 g/mol. The summed E-state index contributed by atoms with van der Waals surface area (Å²) in [5.41, 5.74) is 8.36. The average molecular weight is 454 g/mol. The fourth-order valence-electron chi connectivity index (χ4n) is 4.74. The second-order valence-corrected chi connectivity index (χ2v) is 8.68. The van der Waals surface area contributed by atoms with Crippen LogP contribution in [0.4, 0.5) is 0 Å². The fourth-order valence-corrected chi connectivity index (χ4v) is 4.74. The van der Waals surface area contributed by atoms with Crippen LogP contribution >= 0.6 is 0 Å². The van der Waals surface area contributed by atoms with E-state index in [1.807, 2.05) is 42.6 Å².